The standard InChI is InChI=1S/C24H38N2.2BrH/c1-3-5-7-9-11-16-23-17-15-21-26(22-23)24-18-12-14-20-25(24)19-13-10-8-6-4-2;;/h12,14-15,17-18,20-22H,3-11,13,16,19H2,1-2H3;2*1H/q+2;;/p-2. The molecular weight excluding hydrogens is 476 g/mol. The number of hydrogen-bond donors (Lipinski definition) is 0. The monoisotopic (exact) mass is 512 g/mol. The topological polar surface area (TPSA) is 7.76 Å². The number of halogens is 2. The molecule has 0 saturated heterocycles. The smallest absolute Gasteiger partial charge is 0.449 e. The van der Waals surface area contributed by atoms with Gasteiger partial charge in [-0.2, -0.15) is 0 Å². The van der Waals surface area contributed by atoms with E-state index in [-0.39, 0.29) is 34.0 Å². The Kier molecular flexibility index (Phi) is 16.7. The summed E-state index contributed by atoms with van der Waals surface area (Å²) in [6.45, 7) is 5.66. The summed E-state index contributed by atoms with van der Waals surface area (Å²) in [5, 5.41) is 0. The average Bonchev–Trinajstić information content (AvgIpc) is 2.68. The molecule has 0 aliphatic carbocycles. The summed E-state index contributed by atoms with van der Waals surface area (Å²) in [5.74, 6) is 1.27. The fourth-order valence-electron chi connectivity index (χ4n) is 3.52. The van der Waals surface area contributed by atoms with Gasteiger partial charge in [-0.05, 0) is 31.4 Å². The van der Waals surface area contributed by atoms with Crippen molar-refractivity contribution in [3.63, 3.8) is 0 Å². The molecule has 0 bridgehead atoms. The molecule has 4 heteroatoms. The van der Waals surface area contributed by atoms with Crippen molar-refractivity contribution in [2.75, 3.05) is 0 Å². The van der Waals surface area contributed by atoms with Crippen LogP contribution in [0, 0.1) is 0 Å². The molecule has 28 heavy (non-hydrogen) atoms. The summed E-state index contributed by atoms with van der Waals surface area (Å²) >= 11 is 0. The largest absolute Gasteiger partial charge is 1.00 e. The van der Waals surface area contributed by atoms with Gasteiger partial charge in [-0.1, -0.05) is 58.8 Å². The highest BCUT2D eigenvalue weighted by molar-refractivity contribution is 5.09. The van der Waals surface area contributed by atoms with Gasteiger partial charge in [0, 0.05) is 24.1 Å². The summed E-state index contributed by atoms with van der Waals surface area (Å²) in [6.07, 6.45) is 21.3. The van der Waals surface area contributed by atoms with Gasteiger partial charge >= 0.3 is 5.82 Å². The third-order valence-corrected chi connectivity index (χ3v) is 5.11. The summed E-state index contributed by atoms with van der Waals surface area (Å²) in [5.41, 5.74) is 1.45. The van der Waals surface area contributed by atoms with Crippen molar-refractivity contribution in [3.05, 3.63) is 54.5 Å². The van der Waals surface area contributed by atoms with Gasteiger partial charge in [0.1, 0.15) is 0 Å². The Morgan fingerprint density at radius 2 is 1.36 bits per heavy atom. The predicted octanol–water partition coefficient (Wildman–Crippen LogP) is -0.258. The molecule has 0 spiro atoms. The van der Waals surface area contributed by atoms with Crippen LogP contribution in [0.5, 0.6) is 0 Å². The molecule has 0 unspecified atom stereocenters. The Hall–Kier alpha value is -0.740. The summed E-state index contributed by atoms with van der Waals surface area (Å²) in [6, 6.07) is 11.0. The molecule has 0 aliphatic heterocycles. The minimum Gasteiger partial charge on any atom is -1.00 e. The second-order valence-corrected chi connectivity index (χ2v) is 7.45. The highest BCUT2D eigenvalue weighted by Gasteiger charge is 2.19. The highest BCUT2D eigenvalue weighted by Crippen LogP contribution is 2.08. The molecular formula is C24H38Br2N2. The van der Waals surface area contributed by atoms with E-state index in [2.05, 4.69) is 71.9 Å². The second-order valence-electron chi connectivity index (χ2n) is 7.45. The van der Waals surface area contributed by atoms with Crippen LogP contribution in [-0.4, -0.2) is 0 Å². The molecule has 2 aromatic heterocycles. The fraction of sp³-hybridized carbons (Fsp3) is 0.583. The maximum absolute atomic E-state index is 2.40. The minimum absolute atomic E-state index is 0. The quantitative estimate of drug-likeness (QED) is 0.257. The van der Waals surface area contributed by atoms with Crippen molar-refractivity contribution < 1.29 is 43.1 Å². The Labute approximate surface area is 193 Å². The molecule has 0 N–H and O–H groups in total. The van der Waals surface area contributed by atoms with Crippen molar-refractivity contribution in [2.24, 2.45) is 0 Å². The lowest BCUT2D eigenvalue weighted by Gasteiger charge is -2.02. The van der Waals surface area contributed by atoms with Crippen LogP contribution in [-0.2, 0) is 13.0 Å². The zero-order valence-electron chi connectivity index (χ0n) is 17.8. The number of nitrogens with zero attached hydrogens (tertiary/aromatic N) is 2. The van der Waals surface area contributed by atoms with Gasteiger partial charge in [0.2, 0.25) is 0 Å². The van der Waals surface area contributed by atoms with E-state index in [1.165, 1.54) is 82.0 Å². The molecule has 0 atom stereocenters. The molecule has 0 aliphatic rings. The van der Waals surface area contributed by atoms with Crippen LogP contribution in [0.1, 0.15) is 83.6 Å². The van der Waals surface area contributed by atoms with Gasteiger partial charge in [0.05, 0.1) is 6.07 Å². The third-order valence-electron chi connectivity index (χ3n) is 5.11. The zero-order chi connectivity index (χ0) is 18.5. The predicted molar refractivity (Wildman–Crippen MR) is 109 cm³/mol. The molecule has 0 amide bonds. The number of hydrogen-bond acceptors (Lipinski definition) is 0. The molecule has 0 fully saturated rings. The van der Waals surface area contributed by atoms with E-state index >= 15 is 0 Å². The maximum atomic E-state index is 2.40. The molecule has 2 aromatic rings. The number of unbranched alkanes of at least 4 members (excludes halogenated alkanes) is 8. The van der Waals surface area contributed by atoms with Crippen LogP contribution in [0.4, 0.5) is 0 Å². The Morgan fingerprint density at radius 1 is 0.679 bits per heavy atom. The lowest BCUT2D eigenvalue weighted by atomic mass is 10.1. The lowest BCUT2D eigenvalue weighted by molar-refractivity contribution is -0.792. The molecule has 0 saturated carbocycles. The summed E-state index contributed by atoms with van der Waals surface area (Å²) in [4.78, 5) is 0. The van der Waals surface area contributed by atoms with Crippen molar-refractivity contribution in [1.82, 2.24) is 0 Å². The van der Waals surface area contributed by atoms with E-state index in [9.17, 15) is 0 Å². The summed E-state index contributed by atoms with van der Waals surface area (Å²) < 4.78 is 4.70. The first-order valence-electron chi connectivity index (χ1n) is 10.8. The maximum Gasteiger partial charge on any atom is 0.449 e. The van der Waals surface area contributed by atoms with Crippen molar-refractivity contribution in [2.45, 2.75) is 91.0 Å². The molecule has 0 radical (unpaired) electrons. The summed E-state index contributed by atoms with van der Waals surface area (Å²) in [7, 11) is 0. The zero-order valence-corrected chi connectivity index (χ0v) is 20.9. The first-order chi connectivity index (χ1) is 12.8. The average molecular weight is 514 g/mol. The second kappa shape index (κ2) is 17.1. The van der Waals surface area contributed by atoms with Crippen LogP contribution in [0.15, 0.2) is 48.9 Å². The number of aryl methyl sites for hydroxylation is 2. The van der Waals surface area contributed by atoms with E-state index < -0.39 is 0 Å². The molecule has 2 rings (SSSR count). The van der Waals surface area contributed by atoms with Gasteiger partial charge in [-0.25, -0.2) is 0 Å². The van der Waals surface area contributed by atoms with Gasteiger partial charge in [-0.15, -0.1) is 9.13 Å². The van der Waals surface area contributed by atoms with Crippen molar-refractivity contribution in [3.8, 4) is 5.82 Å². The fourth-order valence-corrected chi connectivity index (χ4v) is 3.52. The first kappa shape index (κ1) is 27.3. The van der Waals surface area contributed by atoms with Crippen molar-refractivity contribution >= 4 is 0 Å². The molecule has 158 valence electrons. The Balaban J connectivity index is 0.00000364. The molecule has 0 aromatic carbocycles. The number of pyridine rings is 2. The van der Waals surface area contributed by atoms with Gasteiger partial charge in [0.15, 0.2) is 25.1 Å². The normalized spacial score (nSPS) is 10.2. The highest BCUT2D eigenvalue weighted by atomic mass is 79.9. The minimum atomic E-state index is 0. The van der Waals surface area contributed by atoms with Gasteiger partial charge < -0.3 is 34.0 Å². The van der Waals surface area contributed by atoms with E-state index in [0.29, 0.717) is 0 Å². The van der Waals surface area contributed by atoms with Crippen LogP contribution >= 0.6 is 0 Å². The number of aromatic nitrogens is 2. The van der Waals surface area contributed by atoms with E-state index in [4.69, 9.17) is 0 Å². The van der Waals surface area contributed by atoms with Crippen molar-refractivity contribution in [1.29, 1.82) is 0 Å². The third kappa shape index (κ3) is 10.2. The van der Waals surface area contributed by atoms with Gasteiger partial charge in [0.25, 0.3) is 0 Å². The van der Waals surface area contributed by atoms with Crippen LogP contribution < -0.4 is 43.1 Å². The van der Waals surface area contributed by atoms with E-state index in [0.717, 1.165) is 6.54 Å². The molecule has 2 nitrogen and oxygen atoms in total. The van der Waals surface area contributed by atoms with Crippen LogP contribution in [0.3, 0.4) is 0 Å². The van der Waals surface area contributed by atoms with E-state index in [1.54, 1.807) is 0 Å². The lowest BCUT2D eigenvalue weighted by Crippen LogP contribution is -3.00. The Morgan fingerprint density at radius 3 is 2.07 bits per heavy atom. The number of rotatable bonds is 13. The molecule has 2 heterocycles. The Bertz CT molecular complexity index is 632. The van der Waals surface area contributed by atoms with E-state index in [1.807, 2.05) is 0 Å². The van der Waals surface area contributed by atoms with Crippen LogP contribution in [0.25, 0.3) is 5.82 Å². The first-order valence-corrected chi connectivity index (χ1v) is 10.8. The van der Waals surface area contributed by atoms with Gasteiger partial charge in [-0.3, -0.25) is 0 Å². The van der Waals surface area contributed by atoms with Crippen LogP contribution in [0.2, 0.25) is 0 Å². The SMILES string of the molecule is CCCCCCCc1ccc[n+](-c2cccc[n+]2CCCCCCC)c1.[Br-].[Br-].